The number of hydrogen-bond acceptors (Lipinski definition) is 4. The number of halogens is 2. The van der Waals surface area contributed by atoms with Crippen molar-refractivity contribution in [3.05, 3.63) is 100 Å². The number of hydrazone groups is 1. The minimum absolute atomic E-state index is 0.151. The van der Waals surface area contributed by atoms with Gasteiger partial charge in [-0.1, -0.05) is 85.6 Å². The molecule has 0 bridgehead atoms. The summed E-state index contributed by atoms with van der Waals surface area (Å²) in [5.41, 5.74) is 5.73. The van der Waals surface area contributed by atoms with Gasteiger partial charge in [0.1, 0.15) is 11.8 Å². The molecule has 0 saturated heterocycles. The minimum atomic E-state index is -0.889. The predicted octanol–water partition coefficient (Wildman–Crippen LogP) is 6.44. The maximum atomic E-state index is 13.1. The Morgan fingerprint density at radius 1 is 0.975 bits per heavy atom. The number of nitrogens with one attached hydrogen (secondary N) is 2. The molecular formula is C31H32Cl2N4O3. The largest absolute Gasteiger partial charge is 0.479 e. The number of amides is 2. The Morgan fingerprint density at radius 2 is 1.70 bits per heavy atom. The summed E-state index contributed by atoms with van der Waals surface area (Å²) in [5.74, 6) is -0.379. The van der Waals surface area contributed by atoms with Gasteiger partial charge in [-0.15, -0.1) is 0 Å². The highest BCUT2D eigenvalue weighted by atomic mass is 35.5. The average Bonchev–Trinajstić information content (AvgIpc) is 3.27. The van der Waals surface area contributed by atoms with Crippen LogP contribution in [-0.4, -0.2) is 34.7 Å². The summed E-state index contributed by atoms with van der Waals surface area (Å²) in [6.07, 6.45) is 3.18. The molecule has 1 aromatic heterocycles. The van der Waals surface area contributed by atoms with Crippen LogP contribution >= 0.6 is 23.2 Å². The SMILES string of the molecule is CC(C)C[C@H](NC(=O)[C@H](C)Oc1ccc(Cl)cc1Cl)C(=O)N/N=C\c1cn(Cc2ccccc2)c2ccccc12. The Morgan fingerprint density at radius 3 is 2.42 bits per heavy atom. The molecule has 9 heteroatoms. The quantitative estimate of drug-likeness (QED) is 0.158. The fourth-order valence-corrected chi connectivity index (χ4v) is 4.79. The number of rotatable bonds is 11. The summed E-state index contributed by atoms with van der Waals surface area (Å²) in [6.45, 7) is 6.26. The monoisotopic (exact) mass is 578 g/mol. The molecule has 0 saturated carbocycles. The van der Waals surface area contributed by atoms with Crippen LogP contribution in [0.4, 0.5) is 0 Å². The Balaban J connectivity index is 1.43. The number of benzene rings is 3. The first-order valence-corrected chi connectivity index (χ1v) is 13.8. The molecule has 2 atom stereocenters. The number of carbonyl (C=O) groups is 2. The Kier molecular flexibility index (Phi) is 9.85. The van der Waals surface area contributed by atoms with E-state index in [2.05, 4.69) is 38.6 Å². The number of nitrogens with zero attached hydrogens (tertiary/aromatic N) is 2. The lowest BCUT2D eigenvalue weighted by Crippen LogP contribution is -2.49. The van der Waals surface area contributed by atoms with Crippen LogP contribution in [0.3, 0.4) is 0 Å². The van der Waals surface area contributed by atoms with Crippen LogP contribution in [0.1, 0.15) is 38.3 Å². The molecular weight excluding hydrogens is 547 g/mol. The molecule has 0 aliphatic carbocycles. The molecule has 3 aromatic carbocycles. The maximum Gasteiger partial charge on any atom is 0.262 e. The lowest BCUT2D eigenvalue weighted by molar-refractivity contribution is -0.132. The van der Waals surface area contributed by atoms with Gasteiger partial charge in [-0.2, -0.15) is 5.10 Å². The third kappa shape index (κ3) is 7.64. The zero-order valence-corrected chi connectivity index (χ0v) is 24.1. The van der Waals surface area contributed by atoms with E-state index in [1.807, 2.05) is 56.4 Å². The maximum absolute atomic E-state index is 13.1. The van der Waals surface area contributed by atoms with Crippen molar-refractivity contribution >= 4 is 52.1 Å². The fourth-order valence-electron chi connectivity index (χ4n) is 4.34. The predicted molar refractivity (Wildman–Crippen MR) is 161 cm³/mol. The molecule has 7 nitrogen and oxygen atoms in total. The molecule has 0 spiro atoms. The number of ether oxygens (including phenoxy) is 1. The molecule has 4 aromatic rings. The molecule has 0 fully saturated rings. The van der Waals surface area contributed by atoms with Crippen LogP contribution in [0.25, 0.3) is 10.9 Å². The molecule has 2 N–H and O–H groups in total. The summed E-state index contributed by atoms with van der Waals surface area (Å²) in [4.78, 5) is 26.0. The van der Waals surface area contributed by atoms with Crippen molar-refractivity contribution in [1.82, 2.24) is 15.3 Å². The van der Waals surface area contributed by atoms with E-state index < -0.39 is 24.0 Å². The van der Waals surface area contributed by atoms with Crippen molar-refractivity contribution in [2.75, 3.05) is 0 Å². The summed E-state index contributed by atoms with van der Waals surface area (Å²) >= 11 is 12.1. The van der Waals surface area contributed by atoms with Crippen molar-refractivity contribution in [3.63, 3.8) is 0 Å². The normalized spacial score (nSPS) is 12.9. The van der Waals surface area contributed by atoms with E-state index in [9.17, 15) is 9.59 Å². The van der Waals surface area contributed by atoms with Crippen LogP contribution in [0, 0.1) is 5.92 Å². The van der Waals surface area contributed by atoms with Gasteiger partial charge in [-0.3, -0.25) is 9.59 Å². The van der Waals surface area contributed by atoms with Crippen LogP contribution in [0.5, 0.6) is 5.75 Å². The van der Waals surface area contributed by atoms with E-state index in [0.29, 0.717) is 28.8 Å². The molecule has 0 unspecified atom stereocenters. The zero-order chi connectivity index (χ0) is 28.6. The third-order valence-corrected chi connectivity index (χ3v) is 6.83. The number of fused-ring (bicyclic) bond motifs is 1. The van der Waals surface area contributed by atoms with Crippen molar-refractivity contribution in [2.45, 2.75) is 45.9 Å². The second-order valence-electron chi connectivity index (χ2n) is 9.97. The minimum Gasteiger partial charge on any atom is -0.479 e. The average molecular weight is 580 g/mol. The first kappa shape index (κ1) is 29.2. The van der Waals surface area contributed by atoms with Gasteiger partial charge in [-0.05, 0) is 49.1 Å². The summed E-state index contributed by atoms with van der Waals surface area (Å²) in [5, 5.41) is 8.80. The number of para-hydroxylation sites is 1. The third-order valence-electron chi connectivity index (χ3n) is 6.30. The lowest BCUT2D eigenvalue weighted by Gasteiger charge is -2.22. The second-order valence-corrected chi connectivity index (χ2v) is 10.8. The van der Waals surface area contributed by atoms with Gasteiger partial charge < -0.3 is 14.6 Å². The van der Waals surface area contributed by atoms with Gasteiger partial charge >= 0.3 is 0 Å². The summed E-state index contributed by atoms with van der Waals surface area (Å²) in [7, 11) is 0. The zero-order valence-electron chi connectivity index (χ0n) is 22.6. The van der Waals surface area contributed by atoms with Gasteiger partial charge in [0.05, 0.1) is 11.2 Å². The molecule has 4 rings (SSSR count). The Bertz CT molecular complexity index is 1500. The Hall–Kier alpha value is -3.81. The number of aromatic nitrogens is 1. The first-order valence-electron chi connectivity index (χ1n) is 13.1. The summed E-state index contributed by atoms with van der Waals surface area (Å²) in [6, 6.07) is 22.2. The highest BCUT2D eigenvalue weighted by Crippen LogP contribution is 2.28. The van der Waals surface area contributed by atoms with E-state index in [0.717, 1.165) is 16.5 Å². The van der Waals surface area contributed by atoms with E-state index in [1.165, 1.54) is 11.6 Å². The van der Waals surface area contributed by atoms with Crippen molar-refractivity contribution in [1.29, 1.82) is 0 Å². The standard InChI is InChI=1S/C31H32Cl2N4O3/c1-20(2)15-27(35-30(38)21(3)40-29-14-13-24(32)16-26(29)33)31(39)36-34-17-23-19-37(18-22-9-5-4-6-10-22)28-12-8-7-11-25(23)28/h4-14,16-17,19-21,27H,15,18H2,1-3H3,(H,35,38)(H,36,39)/b34-17-/t21-,27-/m0/s1. The molecule has 40 heavy (non-hydrogen) atoms. The first-order chi connectivity index (χ1) is 19.2. The smallest absolute Gasteiger partial charge is 0.262 e. The molecule has 0 radical (unpaired) electrons. The molecule has 0 aliphatic heterocycles. The van der Waals surface area contributed by atoms with Gasteiger partial charge in [-0.25, -0.2) is 5.43 Å². The lowest BCUT2D eigenvalue weighted by atomic mass is 10.0. The highest BCUT2D eigenvalue weighted by molar-refractivity contribution is 6.35. The summed E-state index contributed by atoms with van der Waals surface area (Å²) < 4.78 is 7.86. The molecule has 0 aliphatic rings. The highest BCUT2D eigenvalue weighted by Gasteiger charge is 2.25. The van der Waals surface area contributed by atoms with Crippen molar-refractivity contribution in [2.24, 2.45) is 11.0 Å². The molecule has 2 amide bonds. The second kappa shape index (κ2) is 13.5. The van der Waals surface area contributed by atoms with E-state index in [4.69, 9.17) is 27.9 Å². The number of carbonyl (C=O) groups excluding carboxylic acids is 2. The molecule has 208 valence electrons. The van der Waals surface area contributed by atoms with E-state index in [-0.39, 0.29) is 5.92 Å². The van der Waals surface area contributed by atoms with E-state index >= 15 is 0 Å². The van der Waals surface area contributed by atoms with Gasteiger partial charge in [0, 0.05) is 34.2 Å². The van der Waals surface area contributed by atoms with E-state index in [1.54, 1.807) is 25.3 Å². The van der Waals surface area contributed by atoms with Crippen LogP contribution < -0.4 is 15.5 Å². The van der Waals surface area contributed by atoms with Gasteiger partial charge in [0.2, 0.25) is 0 Å². The van der Waals surface area contributed by atoms with Gasteiger partial charge in [0.25, 0.3) is 11.8 Å². The fraction of sp³-hybridized carbons (Fsp3) is 0.258. The van der Waals surface area contributed by atoms with Crippen LogP contribution in [0.15, 0.2) is 84.1 Å². The van der Waals surface area contributed by atoms with Crippen molar-refractivity contribution < 1.29 is 14.3 Å². The molecule has 1 heterocycles. The van der Waals surface area contributed by atoms with Crippen LogP contribution in [0.2, 0.25) is 10.0 Å². The van der Waals surface area contributed by atoms with Gasteiger partial charge in [0.15, 0.2) is 6.10 Å². The van der Waals surface area contributed by atoms with Crippen molar-refractivity contribution in [3.8, 4) is 5.75 Å². The topological polar surface area (TPSA) is 84.7 Å². The van der Waals surface area contributed by atoms with Crippen LogP contribution in [-0.2, 0) is 16.1 Å². The Labute approximate surface area is 244 Å². The number of hydrogen-bond donors (Lipinski definition) is 2.